The van der Waals surface area contributed by atoms with Gasteiger partial charge < -0.3 is 4.90 Å². The molecule has 2 saturated heterocycles. The summed E-state index contributed by atoms with van der Waals surface area (Å²) in [6.07, 6.45) is 7.29. The minimum atomic E-state index is -0.392. The van der Waals surface area contributed by atoms with Gasteiger partial charge in [-0.15, -0.1) is 10.2 Å². The highest BCUT2D eigenvalue weighted by Gasteiger charge is 2.27. The van der Waals surface area contributed by atoms with Gasteiger partial charge in [-0.2, -0.15) is 0 Å². The Morgan fingerprint density at radius 3 is 3.00 bits per heavy atom. The number of pyridine rings is 1. The van der Waals surface area contributed by atoms with Gasteiger partial charge in [-0.25, -0.2) is 9.97 Å². The number of piperidine rings is 1. The Bertz CT molecular complexity index is 1140. The molecule has 2 aliphatic heterocycles. The lowest BCUT2D eigenvalue weighted by Gasteiger charge is -2.32. The lowest BCUT2D eigenvalue weighted by atomic mass is 9.97. The lowest BCUT2D eigenvalue weighted by Crippen LogP contribution is -2.36. The van der Waals surface area contributed by atoms with Crippen LogP contribution in [0.1, 0.15) is 30.3 Å². The highest BCUT2D eigenvalue weighted by Crippen LogP contribution is 2.29. The molecular weight excluding hydrogens is 390 g/mol. The summed E-state index contributed by atoms with van der Waals surface area (Å²) in [5.41, 5.74) is 1.43. The molecule has 0 saturated carbocycles. The number of nitrogens with one attached hydrogen (secondary N) is 1. The number of fused-ring (bicyclic) bond motifs is 1. The van der Waals surface area contributed by atoms with Gasteiger partial charge in [-0.05, 0) is 48.9 Å². The monoisotopic (exact) mass is 407 g/mol. The van der Waals surface area contributed by atoms with E-state index in [0.29, 0.717) is 16.5 Å². The molecule has 2 amide bonds. The number of anilines is 1. The molecule has 0 bridgehead atoms. The average Bonchev–Trinajstić information content (AvgIpc) is 3.31. The predicted octanol–water partition coefficient (Wildman–Crippen LogP) is 2.23. The van der Waals surface area contributed by atoms with E-state index in [4.69, 9.17) is 0 Å². The van der Waals surface area contributed by atoms with Crippen molar-refractivity contribution in [3.05, 3.63) is 53.1 Å². The third-order valence-corrected chi connectivity index (χ3v) is 5.81. The summed E-state index contributed by atoms with van der Waals surface area (Å²) in [7, 11) is 0. The van der Waals surface area contributed by atoms with Gasteiger partial charge in [0.15, 0.2) is 5.65 Å². The van der Waals surface area contributed by atoms with Crippen LogP contribution in [0.25, 0.3) is 11.7 Å². The number of thioether (sulfide) groups is 1. The van der Waals surface area contributed by atoms with Crippen molar-refractivity contribution in [3.8, 4) is 0 Å². The van der Waals surface area contributed by atoms with Crippen molar-refractivity contribution in [2.45, 2.75) is 18.8 Å². The van der Waals surface area contributed by atoms with Gasteiger partial charge in [-0.1, -0.05) is 6.07 Å². The van der Waals surface area contributed by atoms with E-state index in [9.17, 15) is 9.59 Å². The van der Waals surface area contributed by atoms with Gasteiger partial charge in [0.1, 0.15) is 5.82 Å². The van der Waals surface area contributed by atoms with Crippen molar-refractivity contribution in [2.24, 2.45) is 0 Å². The van der Waals surface area contributed by atoms with Gasteiger partial charge in [0, 0.05) is 31.4 Å². The summed E-state index contributed by atoms with van der Waals surface area (Å²) >= 11 is 0.879. The summed E-state index contributed by atoms with van der Waals surface area (Å²) < 4.78 is 2.03. The maximum atomic E-state index is 11.8. The van der Waals surface area contributed by atoms with E-state index in [1.54, 1.807) is 18.3 Å². The standard InChI is InChI=1S/C19H17N7O2S/c27-17-14(29-19(28)22-17)10-13-6-7-20-18(21-13)25-8-3-4-12(11-25)16-24-23-15-5-1-2-9-26(15)16/h1-2,5-7,9-10,12H,3-4,8,11H2,(H,22,27,28)/b14-10-. The molecule has 1 atom stereocenters. The number of carbonyl (C=O) groups excluding carboxylic acids is 2. The number of hydrogen-bond donors (Lipinski definition) is 1. The Morgan fingerprint density at radius 1 is 1.21 bits per heavy atom. The first kappa shape index (κ1) is 17.8. The molecule has 9 nitrogen and oxygen atoms in total. The maximum absolute atomic E-state index is 11.8. The number of imide groups is 1. The molecule has 29 heavy (non-hydrogen) atoms. The molecule has 5 rings (SSSR count). The fourth-order valence-corrected chi connectivity index (χ4v) is 4.32. The minimum Gasteiger partial charge on any atom is -0.340 e. The van der Waals surface area contributed by atoms with Crippen LogP contribution in [-0.2, 0) is 4.79 Å². The lowest BCUT2D eigenvalue weighted by molar-refractivity contribution is -0.115. The third kappa shape index (κ3) is 3.46. The molecule has 0 aromatic carbocycles. The second-order valence-corrected chi connectivity index (χ2v) is 7.92. The minimum absolute atomic E-state index is 0.223. The molecule has 0 spiro atoms. The van der Waals surface area contributed by atoms with Crippen molar-refractivity contribution in [1.29, 1.82) is 0 Å². The Balaban J connectivity index is 1.39. The van der Waals surface area contributed by atoms with Crippen LogP contribution in [-0.4, -0.2) is 48.8 Å². The predicted molar refractivity (Wildman–Crippen MR) is 108 cm³/mol. The number of hydrogen-bond acceptors (Lipinski definition) is 8. The first-order valence-corrected chi connectivity index (χ1v) is 10.1. The van der Waals surface area contributed by atoms with Crippen LogP contribution in [0.15, 0.2) is 41.6 Å². The van der Waals surface area contributed by atoms with Gasteiger partial charge >= 0.3 is 0 Å². The molecule has 2 aliphatic rings. The van der Waals surface area contributed by atoms with Gasteiger partial charge in [0.25, 0.3) is 11.1 Å². The average molecular weight is 407 g/mol. The zero-order chi connectivity index (χ0) is 19.8. The van der Waals surface area contributed by atoms with Crippen molar-refractivity contribution in [1.82, 2.24) is 29.9 Å². The normalized spacial score (nSPS) is 21.2. The van der Waals surface area contributed by atoms with Crippen LogP contribution in [0.3, 0.4) is 0 Å². The fourth-order valence-electron chi connectivity index (χ4n) is 3.66. The van der Waals surface area contributed by atoms with E-state index in [-0.39, 0.29) is 11.2 Å². The highest BCUT2D eigenvalue weighted by molar-refractivity contribution is 8.18. The van der Waals surface area contributed by atoms with E-state index in [1.165, 1.54) is 0 Å². The highest BCUT2D eigenvalue weighted by atomic mass is 32.2. The van der Waals surface area contributed by atoms with Gasteiger partial charge in [-0.3, -0.25) is 19.3 Å². The molecule has 3 aromatic rings. The Kier molecular flexibility index (Phi) is 4.47. The molecule has 146 valence electrons. The van der Waals surface area contributed by atoms with E-state index in [0.717, 1.165) is 49.2 Å². The molecule has 3 aromatic heterocycles. The van der Waals surface area contributed by atoms with Crippen LogP contribution in [0.4, 0.5) is 10.7 Å². The first-order chi connectivity index (χ1) is 14.2. The van der Waals surface area contributed by atoms with Crippen LogP contribution in [0.2, 0.25) is 0 Å². The number of nitrogens with zero attached hydrogens (tertiary/aromatic N) is 6. The second kappa shape index (κ2) is 7.28. The molecule has 0 aliphatic carbocycles. The number of rotatable bonds is 3. The largest absolute Gasteiger partial charge is 0.340 e. The van der Waals surface area contributed by atoms with Gasteiger partial charge in [0.05, 0.1) is 10.6 Å². The van der Waals surface area contributed by atoms with Crippen LogP contribution in [0, 0.1) is 0 Å². The Labute approximate surface area is 170 Å². The summed E-state index contributed by atoms with van der Waals surface area (Å²) in [5, 5.41) is 10.6. The van der Waals surface area contributed by atoms with Crippen molar-refractivity contribution in [3.63, 3.8) is 0 Å². The van der Waals surface area contributed by atoms with Crippen LogP contribution >= 0.6 is 11.8 Å². The number of carbonyl (C=O) groups is 2. The van der Waals surface area contributed by atoms with E-state index < -0.39 is 5.91 Å². The first-order valence-electron chi connectivity index (χ1n) is 9.30. The summed E-state index contributed by atoms with van der Waals surface area (Å²) in [4.78, 5) is 34.6. The quantitative estimate of drug-likeness (QED) is 0.659. The molecule has 0 radical (unpaired) electrons. The zero-order valence-corrected chi connectivity index (χ0v) is 16.2. The second-order valence-electron chi connectivity index (χ2n) is 6.91. The molecule has 1 N–H and O–H groups in total. The fraction of sp³-hybridized carbons (Fsp3) is 0.263. The summed E-state index contributed by atoms with van der Waals surface area (Å²) in [6.45, 7) is 1.59. The molecule has 1 unspecified atom stereocenters. The summed E-state index contributed by atoms with van der Waals surface area (Å²) in [5.74, 6) is 1.38. The van der Waals surface area contributed by atoms with Crippen molar-refractivity contribution < 1.29 is 9.59 Å². The number of aromatic nitrogens is 5. The number of amides is 2. The summed E-state index contributed by atoms with van der Waals surface area (Å²) in [6, 6.07) is 7.59. The smallest absolute Gasteiger partial charge is 0.290 e. The molecular formula is C19H17N7O2S. The van der Waals surface area contributed by atoms with E-state index >= 15 is 0 Å². The molecule has 5 heterocycles. The van der Waals surface area contributed by atoms with E-state index in [1.807, 2.05) is 28.8 Å². The van der Waals surface area contributed by atoms with E-state index in [2.05, 4.69) is 30.4 Å². The SMILES string of the molecule is O=C1NC(=O)/C(=C/c2ccnc(N3CCCC(c4nnc5ccccn45)C3)n2)S1. The Hall–Kier alpha value is -3.27. The third-order valence-electron chi connectivity index (χ3n) is 4.99. The van der Waals surface area contributed by atoms with Crippen LogP contribution < -0.4 is 10.2 Å². The zero-order valence-electron chi connectivity index (χ0n) is 15.4. The van der Waals surface area contributed by atoms with Gasteiger partial charge in [0.2, 0.25) is 5.95 Å². The van der Waals surface area contributed by atoms with Crippen LogP contribution in [0.5, 0.6) is 0 Å². The molecule has 2 fully saturated rings. The molecule has 10 heteroatoms. The Morgan fingerprint density at radius 2 is 2.14 bits per heavy atom. The van der Waals surface area contributed by atoms with Crippen molar-refractivity contribution in [2.75, 3.05) is 18.0 Å². The maximum Gasteiger partial charge on any atom is 0.290 e. The topological polar surface area (TPSA) is 105 Å². The van der Waals surface area contributed by atoms with Crippen molar-refractivity contribution >= 4 is 40.6 Å².